The summed E-state index contributed by atoms with van der Waals surface area (Å²) >= 11 is 1.31. The molecule has 2 aromatic rings. The van der Waals surface area contributed by atoms with Gasteiger partial charge in [-0.05, 0) is 12.1 Å². The van der Waals surface area contributed by atoms with E-state index in [9.17, 15) is 9.59 Å². The van der Waals surface area contributed by atoms with Crippen LogP contribution in [0, 0.1) is 0 Å². The van der Waals surface area contributed by atoms with Crippen LogP contribution in [0.2, 0.25) is 0 Å². The molecule has 5 nitrogen and oxygen atoms in total. The van der Waals surface area contributed by atoms with E-state index in [4.69, 9.17) is 0 Å². The van der Waals surface area contributed by atoms with E-state index >= 15 is 0 Å². The normalized spacial score (nSPS) is 14.7. The Balaban J connectivity index is 1.65. The van der Waals surface area contributed by atoms with E-state index in [2.05, 4.69) is 10.3 Å². The summed E-state index contributed by atoms with van der Waals surface area (Å²) < 4.78 is 0. The fraction of sp³-hybridized carbons (Fsp3) is 0.267. The molecule has 1 saturated heterocycles. The first kappa shape index (κ1) is 13.9. The van der Waals surface area contributed by atoms with Crippen molar-refractivity contribution in [1.29, 1.82) is 0 Å². The largest absolute Gasteiger partial charge is 0.332 e. The Hall–Kier alpha value is -2.08. The predicted octanol–water partition coefficient (Wildman–Crippen LogP) is 2.73. The molecule has 0 unspecified atom stereocenters. The number of benzene rings is 1. The maximum Gasteiger partial charge on any atom is 0.281 e. The summed E-state index contributed by atoms with van der Waals surface area (Å²) in [6.07, 6.45) is 2.01. The second kappa shape index (κ2) is 6.13. The van der Waals surface area contributed by atoms with Crippen LogP contribution in [0.5, 0.6) is 0 Å². The van der Waals surface area contributed by atoms with Crippen LogP contribution in [-0.4, -0.2) is 39.9 Å². The molecular formula is C15H15N3O2S. The molecule has 1 N–H and O–H groups in total. The zero-order valence-corrected chi connectivity index (χ0v) is 12.2. The first-order valence-corrected chi connectivity index (χ1v) is 7.78. The molecule has 108 valence electrons. The standard InChI is InChI=1S/C15H15N3O2S/c19-13(6-8-18-9-10-21-15(18)20)17-12-5-1-3-11-4-2-7-16-14(11)12/h1-5,7H,6,8-10H2,(H,17,19). The molecule has 0 aliphatic carbocycles. The smallest absolute Gasteiger partial charge is 0.281 e. The molecule has 1 aliphatic heterocycles. The van der Waals surface area contributed by atoms with Gasteiger partial charge in [-0.15, -0.1) is 0 Å². The van der Waals surface area contributed by atoms with Crippen molar-refractivity contribution in [2.24, 2.45) is 0 Å². The Morgan fingerprint density at radius 1 is 1.33 bits per heavy atom. The number of nitrogens with one attached hydrogen (secondary N) is 1. The monoisotopic (exact) mass is 301 g/mol. The van der Waals surface area contributed by atoms with Crippen molar-refractivity contribution >= 4 is 39.5 Å². The van der Waals surface area contributed by atoms with E-state index in [1.807, 2.05) is 30.3 Å². The zero-order valence-electron chi connectivity index (χ0n) is 11.4. The van der Waals surface area contributed by atoms with Gasteiger partial charge in [0.25, 0.3) is 5.24 Å². The van der Waals surface area contributed by atoms with E-state index in [1.54, 1.807) is 11.1 Å². The fourth-order valence-corrected chi connectivity index (χ4v) is 3.13. The molecule has 1 aliphatic rings. The number of aromatic nitrogens is 1. The highest BCUT2D eigenvalue weighted by atomic mass is 32.2. The molecule has 3 rings (SSSR count). The second-order valence-corrected chi connectivity index (χ2v) is 5.83. The molecule has 0 bridgehead atoms. The van der Waals surface area contributed by atoms with Gasteiger partial charge in [-0.1, -0.05) is 30.0 Å². The van der Waals surface area contributed by atoms with Crippen molar-refractivity contribution in [3.05, 3.63) is 36.5 Å². The second-order valence-electron chi connectivity index (χ2n) is 4.78. The molecule has 21 heavy (non-hydrogen) atoms. The number of para-hydroxylation sites is 1. The molecular weight excluding hydrogens is 286 g/mol. The van der Waals surface area contributed by atoms with Crippen molar-refractivity contribution in [1.82, 2.24) is 9.88 Å². The first-order valence-electron chi connectivity index (χ1n) is 6.79. The Labute approximate surface area is 126 Å². The van der Waals surface area contributed by atoms with Crippen LogP contribution in [0.3, 0.4) is 0 Å². The van der Waals surface area contributed by atoms with E-state index in [1.165, 1.54) is 11.8 Å². The Morgan fingerprint density at radius 3 is 3.00 bits per heavy atom. The number of rotatable bonds is 4. The summed E-state index contributed by atoms with van der Waals surface area (Å²) in [7, 11) is 0. The minimum absolute atomic E-state index is 0.0645. The van der Waals surface area contributed by atoms with E-state index < -0.39 is 0 Å². The highest BCUT2D eigenvalue weighted by Gasteiger charge is 2.21. The molecule has 6 heteroatoms. The number of pyridine rings is 1. The average Bonchev–Trinajstić information content (AvgIpc) is 2.91. The van der Waals surface area contributed by atoms with Gasteiger partial charge < -0.3 is 10.2 Å². The minimum Gasteiger partial charge on any atom is -0.332 e. The van der Waals surface area contributed by atoms with E-state index in [-0.39, 0.29) is 11.1 Å². The lowest BCUT2D eigenvalue weighted by Gasteiger charge is -2.14. The third kappa shape index (κ3) is 3.16. The lowest BCUT2D eigenvalue weighted by atomic mass is 10.2. The third-order valence-corrected chi connectivity index (χ3v) is 4.25. The van der Waals surface area contributed by atoms with Gasteiger partial charge in [0.15, 0.2) is 0 Å². The SMILES string of the molecule is O=C(CCN1CCSC1=O)Nc1cccc2cccnc12. The lowest BCUT2D eigenvalue weighted by Crippen LogP contribution is -2.27. The molecule has 1 fully saturated rings. The first-order chi connectivity index (χ1) is 10.2. The minimum atomic E-state index is -0.0992. The number of carbonyl (C=O) groups excluding carboxylic acids is 2. The Kier molecular flexibility index (Phi) is 4.06. The van der Waals surface area contributed by atoms with Crippen LogP contribution < -0.4 is 5.32 Å². The van der Waals surface area contributed by atoms with Crippen molar-refractivity contribution in [3.63, 3.8) is 0 Å². The van der Waals surface area contributed by atoms with Gasteiger partial charge in [-0.2, -0.15) is 0 Å². The quantitative estimate of drug-likeness (QED) is 0.943. The van der Waals surface area contributed by atoms with Crippen LogP contribution in [-0.2, 0) is 4.79 Å². The van der Waals surface area contributed by atoms with Crippen molar-refractivity contribution in [2.45, 2.75) is 6.42 Å². The van der Waals surface area contributed by atoms with Crippen molar-refractivity contribution in [3.8, 4) is 0 Å². The van der Waals surface area contributed by atoms with Gasteiger partial charge in [0, 0.05) is 36.8 Å². The van der Waals surface area contributed by atoms with Crippen LogP contribution in [0.4, 0.5) is 10.5 Å². The third-order valence-electron chi connectivity index (χ3n) is 3.36. The Bertz CT molecular complexity index is 684. The molecule has 0 spiro atoms. The predicted molar refractivity (Wildman–Crippen MR) is 84.4 cm³/mol. The highest BCUT2D eigenvalue weighted by molar-refractivity contribution is 8.13. The lowest BCUT2D eigenvalue weighted by molar-refractivity contribution is -0.116. The molecule has 0 atom stereocenters. The molecule has 1 aromatic heterocycles. The summed E-state index contributed by atoms with van der Waals surface area (Å²) in [6, 6.07) is 9.51. The van der Waals surface area contributed by atoms with Gasteiger partial charge in [-0.3, -0.25) is 14.6 Å². The molecule has 0 radical (unpaired) electrons. The van der Waals surface area contributed by atoms with Crippen LogP contribution in [0.15, 0.2) is 36.5 Å². The summed E-state index contributed by atoms with van der Waals surface area (Å²) in [5, 5.41) is 3.93. The number of amides is 2. The number of hydrogen-bond acceptors (Lipinski definition) is 4. The van der Waals surface area contributed by atoms with Gasteiger partial charge in [0.2, 0.25) is 5.91 Å². The number of fused-ring (bicyclic) bond motifs is 1. The van der Waals surface area contributed by atoms with E-state index in [0.717, 1.165) is 23.2 Å². The molecule has 1 aromatic carbocycles. The number of hydrogen-bond donors (Lipinski definition) is 1. The number of nitrogens with zero attached hydrogens (tertiary/aromatic N) is 2. The Morgan fingerprint density at radius 2 is 2.19 bits per heavy atom. The van der Waals surface area contributed by atoms with Gasteiger partial charge in [0.1, 0.15) is 0 Å². The number of thioether (sulfide) groups is 1. The van der Waals surface area contributed by atoms with Crippen molar-refractivity contribution in [2.75, 3.05) is 24.2 Å². The fourth-order valence-electron chi connectivity index (χ4n) is 2.28. The summed E-state index contributed by atoms with van der Waals surface area (Å²) in [5.41, 5.74) is 1.49. The summed E-state index contributed by atoms with van der Waals surface area (Å²) in [4.78, 5) is 29.5. The highest BCUT2D eigenvalue weighted by Crippen LogP contribution is 2.21. The van der Waals surface area contributed by atoms with Gasteiger partial charge in [-0.25, -0.2) is 0 Å². The summed E-state index contributed by atoms with van der Waals surface area (Å²) in [6.45, 7) is 1.20. The number of anilines is 1. The maximum atomic E-state index is 12.0. The van der Waals surface area contributed by atoms with Crippen LogP contribution >= 0.6 is 11.8 Å². The topological polar surface area (TPSA) is 62.3 Å². The molecule has 2 amide bonds. The molecule has 0 saturated carbocycles. The van der Waals surface area contributed by atoms with Gasteiger partial charge >= 0.3 is 0 Å². The van der Waals surface area contributed by atoms with Crippen LogP contribution in [0.25, 0.3) is 10.9 Å². The average molecular weight is 301 g/mol. The molecule has 2 heterocycles. The zero-order chi connectivity index (χ0) is 14.7. The van der Waals surface area contributed by atoms with Crippen molar-refractivity contribution < 1.29 is 9.59 Å². The van der Waals surface area contributed by atoms with Gasteiger partial charge in [0.05, 0.1) is 11.2 Å². The number of carbonyl (C=O) groups is 2. The summed E-state index contributed by atoms with van der Waals surface area (Å²) in [5.74, 6) is 0.714. The van der Waals surface area contributed by atoms with E-state index in [0.29, 0.717) is 18.7 Å². The maximum absolute atomic E-state index is 12.0. The van der Waals surface area contributed by atoms with Crippen LogP contribution in [0.1, 0.15) is 6.42 Å².